The number of likely N-dealkylation sites (tertiary alicyclic amines) is 1. The number of amides is 1. The molecule has 0 N–H and O–H groups in total. The number of nitrogens with zero attached hydrogens (tertiary/aromatic N) is 1. The fourth-order valence-corrected chi connectivity index (χ4v) is 3.69. The van der Waals surface area contributed by atoms with Gasteiger partial charge in [0.25, 0.3) is 5.91 Å². The van der Waals surface area contributed by atoms with Crippen molar-refractivity contribution in [2.24, 2.45) is 0 Å². The van der Waals surface area contributed by atoms with E-state index >= 15 is 0 Å². The van der Waals surface area contributed by atoms with Gasteiger partial charge >= 0.3 is 0 Å². The fraction of sp³-hybridized carbons (Fsp3) is 0.125. The second kappa shape index (κ2) is 8.44. The first-order valence-electron chi connectivity index (χ1n) is 9.21. The minimum atomic E-state index is -0.509. The molecule has 1 aliphatic heterocycles. The van der Waals surface area contributed by atoms with E-state index in [0.717, 1.165) is 15.6 Å². The number of halogens is 1. The predicted octanol–water partition coefficient (Wildman–Crippen LogP) is 5.32. The molecule has 0 spiro atoms. The molecule has 0 aromatic heterocycles. The van der Waals surface area contributed by atoms with Gasteiger partial charge in [-0.25, -0.2) is 0 Å². The smallest absolute Gasteiger partial charge is 0.267 e. The summed E-state index contributed by atoms with van der Waals surface area (Å²) in [5.41, 5.74) is 2.17. The molecule has 28 heavy (non-hydrogen) atoms. The van der Waals surface area contributed by atoms with Gasteiger partial charge in [0.05, 0.1) is 6.04 Å². The van der Waals surface area contributed by atoms with Crippen LogP contribution in [-0.4, -0.2) is 23.0 Å². The van der Waals surface area contributed by atoms with Crippen LogP contribution in [0.4, 0.5) is 0 Å². The maximum Gasteiger partial charge on any atom is 0.267 e. The van der Waals surface area contributed by atoms with Gasteiger partial charge in [-0.1, -0.05) is 94.8 Å². The third kappa shape index (κ3) is 4.02. The van der Waals surface area contributed by atoms with Crippen LogP contribution in [0.25, 0.3) is 6.08 Å². The summed E-state index contributed by atoms with van der Waals surface area (Å²) in [7, 11) is 0. The monoisotopic (exact) mass is 433 g/mol. The average molecular weight is 434 g/mol. The van der Waals surface area contributed by atoms with Gasteiger partial charge < -0.3 is 9.64 Å². The van der Waals surface area contributed by atoms with Gasteiger partial charge in [0, 0.05) is 11.0 Å². The van der Waals surface area contributed by atoms with Crippen molar-refractivity contribution < 1.29 is 9.53 Å². The van der Waals surface area contributed by atoms with Gasteiger partial charge in [-0.05, 0) is 29.3 Å². The molecule has 1 saturated heterocycles. The normalized spacial score (nSPS) is 18.9. The number of β-lactam (4-membered cyclic amide) rings is 1. The molecule has 0 unspecified atom stereocenters. The Bertz CT molecular complexity index is 972. The molecule has 1 aliphatic rings. The van der Waals surface area contributed by atoms with E-state index in [-0.39, 0.29) is 11.9 Å². The molecule has 3 aromatic carbocycles. The molecule has 4 heteroatoms. The maximum atomic E-state index is 12.9. The van der Waals surface area contributed by atoms with E-state index in [0.29, 0.717) is 12.3 Å². The zero-order chi connectivity index (χ0) is 19.3. The number of carbonyl (C=O) groups is 1. The molecule has 1 fully saturated rings. The highest BCUT2D eigenvalue weighted by atomic mass is 79.9. The number of rotatable bonds is 6. The topological polar surface area (TPSA) is 29.5 Å². The summed E-state index contributed by atoms with van der Waals surface area (Å²) in [6.07, 6.45) is 3.59. The van der Waals surface area contributed by atoms with Crippen LogP contribution in [0.15, 0.2) is 95.5 Å². The number of benzene rings is 3. The van der Waals surface area contributed by atoms with Crippen molar-refractivity contribution in [2.75, 3.05) is 0 Å². The van der Waals surface area contributed by atoms with Crippen LogP contribution in [-0.2, 0) is 11.3 Å². The quantitative estimate of drug-likeness (QED) is 0.492. The third-order valence-corrected chi connectivity index (χ3v) is 5.56. The van der Waals surface area contributed by atoms with Crippen LogP contribution in [0.1, 0.15) is 11.1 Å². The Morgan fingerprint density at radius 2 is 1.54 bits per heavy atom. The second-order valence-corrected chi connectivity index (χ2v) is 7.52. The molecule has 2 atom stereocenters. The molecule has 3 nitrogen and oxygen atoms in total. The molecule has 4 rings (SSSR count). The number of hydrogen-bond donors (Lipinski definition) is 0. The second-order valence-electron chi connectivity index (χ2n) is 6.67. The first-order chi connectivity index (χ1) is 13.7. The number of carbonyl (C=O) groups excluding carboxylic acids is 1. The van der Waals surface area contributed by atoms with Gasteiger partial charge in [0.2, 0.25) is 6.10 Å². The zero-order valence-electron chi connectivity index (χ0n) is 15.2. The van der Waals surface area contributed by atoms with E-state index in [2.05, 4.69) is 22.0 Å². The van der Waals surface area contributed by atoms with E-state index in [1.807, 2.05) is 95.9 Å². The van der Waals surface area contributed by atoms with Crippen molar-refractivity contribution in [3.63, 3.8) is 0 Å². The van der Waals surface area contributed by atoms with Crippen LogP contribution < -0.4 is 4.74 Å². The van der Waals surface area contributed by atoms with Crippen LogP contribution >= 0.6 is 15.9 Å². The molecule has 0 radical (unpaired) electrons. The highest BCUT2D eigenvalue weighted by Gasteiger charge is 2.47. The summed E-state index contributed by atoms with van der Waals surface area (Å²) in [4.78, 5) is 14.7. The standard InChI is InChI=1S/C24H20BrNO2/c25-21-14-8-7-11-19(21)17-26-22(16-15-18-9-3-1-4-10-18)23(24(26)27)28-20-12-5-2-6-13-20/h1-16,22-23H,17H2/b16-15+/t22-,23+/m1/s1. The summed E-state index contributed by atoms with van der Waals surface area (Å²) in [5, 5.41) is 0. The van der Waals surface area contributed by atoms with Crippen molar-refractivity contribution >= 4 is 27.9 Å². The van der Waals surface area contributed by atoms with Gasteiger partial charge in [0.1, 0.15) is 5.75 Å². The molecule has 3 aromatic rings. The minimum absolute atomic E-state index is 0.00215. The first kappa shape index (κ1) is 18.5. The lowest BCUT2D eigenvalue weighted by atomic mass is 9.95. The summed E-state index contributed by atoms with van der Waals surface area (Å²) in [6.45, 7) is 0.540. The minimum Gasteiger partial charge on any atom is -0.478 e. The van der Waals surface area contributed by atoms with Gasteiger partial charge in [-0.3, -0.25) is 4.79 Å². The Balaban J connectivity index is 1.57. The van der Waals surface area contributed by atoms with Gasteiger partial charge in [-0.15, -0.1) is 0 Å². The fourth-order valence-electron chi connectivity index (χ4n) is 3.28. The predicted molar refractivity (Wildman–Crippen MR) is 115 cm³/mol. The lowest BCUT2D eigenvalue weighted by molar-refractivity contribution is -0.160. The summed E-state index contributed by atoms with van der Waals surface area (Å²) >= 11 is 3.58. The van der Waals surface area contributed by atoms with Gasteiger partial charge in [-0.2, -0.15) is 0 Å². The number of ether oxygens (including phenoxy) is 1. The first-order valence-corrected chi connectivity index (χ1v) is 10.0. The largest absolute Gasteiger partial charge is 0.478 e. The molecular weight excluding hydrogens is 414 g/mol. The SMILES string of the molecule is O=C1[C@@H](Oc2ccccc2)[C@@H](/C=C/c2ccccc2)N1Cc1ccccc1Br. The van der Waals surface area contributed by atoms with Crippen LogP contribution in [0, 0.1) is 0 Å². The van der Waals surface area contributed by atoms with E-state index in [1.165, 1.54) is 0 Å². The van der Waals surface area contributed by atoms with Crippen molar-refractivity contribution in [3.8, 4) is 5.75 Å². The average Bonchev–Trinajstić information content (AvgIpc) is 2.74. The van der Waals surface area contributed by atoms with Crippen molar-refractivity contribution in [3.05, 3.63) is 107 Å². The Morgan fingerprint density at radius 1 is 0.893 bits per heavy atom. The Kier molecular flexibility index (Phi) is 5.58. The summed E-state index contributed by atoms with van der Waals surface area (Å²) < 4.78 is 7.01. The summed E-state index contributed by atoms with van der Waals surface area (Å²) in [5.74, 6) is 0.710. The van der Waals surface area contributed by atoms with Gasteiger partial charge in [0.15, 0.2) is 0 Å². The molecule has 1 heterocycles. The molecule has 140 valence electrons. The molecule has 1 amide bonds. The van der Waals surface area contributed by atoms with E-state index in [4.69, 9.17) is 4.74 Å². The lowest BCUT2D eigenvalue weighted by Crippen LogP contribution is -2.65. The van der Waals surface area contributed by atoms with Crippen LogP contribution in [0.2, 0.25) is 0 Å². The highest BCUT2D eigenvalue weighted by molar-refractivity contribution is 9.10. The van der Waals surface area contributed by atoms with Crippen molar-refractivity contribution in [2.45, 2.75) is 18.7 Å². The van der Waals surface area contributed by atoms with Crippen LogP contribution in [0.5, 0.6) is 5.75 Å². The zero-order valence-corrected chi connectivity index (χ0v) is 16.8. The Labute approximate surface area is 173 Å². The van der Waals surface area contributed by atoms with Crippen LogP contribution in [0.3, 0.4) is 0 Å². The molecule has 0 bridgehead atoms. The number of para-hydroxylation sites is 1. The highest BCUT2D eigenvalue weighted by Crippen LogP contribution is 2.30. The van der Waals surface area contributed by atoms with E-state index < -0.39 is 6.10 Å². The molecule has 0 saturated carbocycles. The van der Waals surface area contributed by atoms with E-state index in [1.54, 1.807) is 0 Å². The van der Waals surface area contributed by atoms with Crippen molar-refractivity contribution in [1.29, 1.82) is 0 Å². The lowest BCUT2D eigenvalue weighted by Gasteiger charge is -2.45. The maximum absolute atomic E-state index is 12.9. The third-order valence-electron chi connectivity index (χ3n) is 4.79. The Hall–Kier alpha value is -2.85. The summed E-state index contributed by atoms with van der Waals surface area (Å²) in [6, 6.07) is 27.4. The number of hydrogen-bond acceptors (Lipinski definition) is 2. The molecular formula is C24H20BrNO2. The molecule has 0 aliphatic carbocycles. The van der Waals surface area contributed by atoms with Crippen molar-refractivity contribution in [1.82, 2.24) is 4.90 Å². The Morgan fingerprint density at radius 3 is 2.25 bits per heavy atom. The van der Waals surface area contributed by atoms with E-state index in [9.17, 15) is 4.79 Å².